The van der Waals surface area contributed by atoms with Gasteiger partial charge < -0.3 is 14.8 Å². The highest BCUT2D eigenvalue weighted by Gasteiger charge is 2.15. The summed E-state index contributed by atoms with van der Waals surface area (Å²) in [6.07, 6.45) is 0.0644. The molecule has 1 aromatic rings. The number of hydrogen-bond donors (Lipinski definition) is 1. The van der Waals surface area contributed by atoms with Gasteiger partial charge in [0.2, 0.25) is 0 Å². The van der Waals surface area contributed by atoms with Crippen molar-refractivity contribution in [1.82, 2.24) is 5.32 Å². The van der Waals surface area contributed by atoms with E-state index >= 15 is 0 Å². The average molecular weight is 303 g/mol. The molecule has 1 rings (SSSR count). The maximum absolute atomic E-state index is 11.4. The lowest BCUT2D eigenvalue weighted by Crippen LogP contribution is -2.32. The molecule has 0 atom stereocenters. The SMILES string of the molecule is COC(=O)c1ccc(C#CCCNC(=O)OC(C)(C)C)cc1. The van der Waals surface area contributed by atoms with Gasteiger partial charge in [0.05, 0.1) is 12.7 Å². The maximum atomic E-state index is 11.4. The highest BCUT2D eigenvalue weighted by Crippen LogP contribution is 2.06. The van der Waals surface area contributed by atoms with E-state index in [4.69, 9.17) is 4.74 Å². The summed E-state index contributed by atoms with van der Waals surface area (Å²) < 4.78 is 9.73. The first-order chi connectivity index (χ1) is 10.3. The molecule has 0 radical (unpaired) electrons. The van der Waals surface area contributed by atoms with Crippen LogP contribution in [-0.2, 0) is 9.47 Å². The molecule has 0 aliphatic rings. The van der Waals surface area contributed by atoms with Crippen LogP contribution in [0.1, 0.15) is 43.1 Å². The van der Waals surface area contributed by atoms with E-state index in [2.05, 4.69) is 21.9 Å². The Hall–Kier alpha value is -2.48. The van der Waals surface area contributed by atoms with Crippen LogP contribution >= 0.6 is 0 Å². The molecule has 0 aliphatic heterocycles. The number of esters is 1. The number of ether oxygens (including phenoxy) is 2. The molecular formula is C17H21NO4. The van der Waals surface area contributed by atoms with Crippen molar-refractivity contribution in [2.45, 2.75) is 32.8 Å². The summed E-state index contributed by atoms with van der Waals surface area (Å²) in [7, 11) is 1.34. The Morgan fingerprint density at radius 3 is 2.36 bits per heavy atom. The molecule has 0 saturated carbocycles. The van der Waals surface area contributed by atoms with Crippen LogP contribution in [0, 0.1) is 11.8 Å². The number of carbonyl (C=O) groups excluding carboxylic acids is 2. The first-order valence-electron chi connectivity index (χ1n) is 6.96. The Kier molecular flexibility index (Phi) is 6.46. The molecule has 0 bridgehead atoms. The monoisotopic (exact) mass is 303 g/mol. The molecule has 1 N–H and O–H groups in total. The third-order valence-electron chi connectivity index (χ3n) is 2.46. The van der Waals surface area contributed by atoms with Crippen molar-refractivity contribution in [3.05, 3.63) is 35.4 Å². The van der Waals surface area contributed by atoms with Crippen LogP contribution in [-0.4, -0.2) is 31.3 Å². The van der Waals surface area contributed by atoms with E-state index in [-0.39, 0.29) is 5.97 Å². The molecule has 0 unspecified atom stereocenters. The average Bonchev–Trinajstić information content (AvgIpc) is 2.45. The largest absolute Gasteiger partial charge is 0.465 e. The number of amides is 1. The van der Waals surface area contributed by atoms with Crippen molar-refractivity contribution < 1.29 is 19.1 Å². The second-order valence-electron chi connectivity index (χ2n) is 5.55. The smallest absolute Gasteiger partial charge is 0.407 e. The van der Waals surface area contributed by atoms with Crippen LogP contribution in [0.4, 0.5) is 4.79 Å². The number of methoxy groups -OCH3 is 1. The molecule has 0 saturated heterocycles. The van der Waals surface area contributed by atoms with Crippen molar-refractivity contribution in [2.75, 3.05) is 13.7 Å². The summed E-state index contributed by atoms with van der Waals surface area (Å²) in [4.78, 5) is 22.7. The first-order valence-corrected chi connectivity index (χ1v) is 6.96. The number of rotatable bonds is 3. The van der Waals surface area contributed by atoms with Gasteiger partial charge in [0.15, 0.2) is 0 Å². The topological polar surface area (TPSA) is 64.6 Å². The van der Waals surface area contributed by atoms with Gasteiger partial charge in [-0.15, -0.1) is 0 Å². The van der Waals surface area contributed by atoms with Gasteiger partial charge in [0.1, 0.15) is 5.60 Å². The van der Waals surface area contributed by atoms with Crippen LogP contribution in [0.2, 0.25) is 0 Å². The number of carbonyl (C=O) groups is 2. The Morgan fingerprint density at radius 2 is 1.82 bits per heavy atom. The predicted molar refractivity (Wildman–Crippen MR) is 83.5 cm³/mol. The molecule has 1 aromatic carbocycles. The van der Waals surface area contributed by atoms with E-state index in [1.54, 1.807) is 24.3 Å². The van der Waals surface area contributed by atoms with E-state index < -0.39 is 11.7 Å². The van der Waals surface area contributed by atoms with E-state index in [1.807, 2.05) is 20.8 Å². The standard InChI is InChI=1S/C17H21NO4/c1-17(2,3)22-16(20)18-12-6-5-7-13-8-10-14(11-9-13)15(19)21-4/h8-11H,6,12H2,1-4H3,(H,18,20). The van der Waals surface area contributed by atoms with Crippen molar-refractivity contribution in [1.29, 1.82) is 0 Å². The van der Waals surface area contributed by atoms with Crippen LogP contribution in [0.3, 0.4) is 0 Å². The van der Waals surface area contributed by atoms with E-state index in [0.717, 1.165) is 5.56 Å². The van der Waals surface area contributed by atoms with E-state index in [0.29, 0.717) is 18.5 Å². The fourth-order valence-corrected chi connectivity index (χ4v) is 1.51. The summed E-state index contributed by atoms with van der Waals surface area (Å²) in [6, 6.07) is 6.82. The van der Waals surface area contributed by atoms with Crippen molar-refractivity contribution in [3.63, 3.8) is 0 Å². The summed E-state index contributed by atoms with van der Waals surface area (Å²) in [5.41, 5.74) is 0.779. The fourth-order valence-electron chi connectivity index (χ4n) is 1.51. The lowest BCUT2D eigenvalue weighted by atomic mass is 10.1. The molecule has 5 nitrogen and oxygen atoms in total. The van der Waals surface area contributed by atoms with Gasteiger partial charge in [-0.25, -0.2) is 9.59 Å². The minimum absolute atomic E-state index is 0.374. The van der Waals surface area contributed by atoms with E-state index in [1.165, 1.54) is 7.11 Å². The van der Waals surface area contributed by atoms with E-state index in [9.17, 15) is 9.59 Å². The van der Waals surface area contributed by atoms with Gasteiger partial charge >= 0.3 is 12.1 Å². The maximum Gasteiger partial charge on any atom is 0.407 e. The van der Waals surface area contributed by atoms with Gasteiger partial charge in [-0.3, -0.25) is 0 Å². The normalized spacial score (nSPS) is 10.2. The third-order valence-corrected chi connectivity index (χ3v) is 2.46. The van der Waals surface area contributed by atoms with Crippen LogP contribution in [0.25, 0.3) is 0 Å². The highest BCUT2D eigenvalue weighted by atomic mass is 16.6. The number of hydrogen-bond acceptors (Lipinski definition) is 4. The quantitative estimate of drug-likeness (QED) is 0.530. The minimum atomic E-state index is -0.503. The zero-order chi connectivity index (χ0) is 16.6. The van der Waals surface area contributed by atoms with Crippen LogP contribution < -0.4 is 5.32 Å². The Balaban J connectivity index is 2.39. The van der Waals surface area contributed by atoms with Crippen LogP contribution in [0.15, 0.2) is 24.3 Å². The summed E-state index contributed by atoms with van der Waals surface area (Å²) >= 11 is 0. The molecule has 0 heterocycles. The van der Waals surface area contributed by atoms with Gasteiger partial charge in [-0.2, -0.15) is 0 Å². The third kappa shape index (κ3) is 6.80. The molecular weight excluding hydrogens is 282 g/mol. The van der Waals surface area contributed by atoms with Crippen molar-refractivity contribution in [2.24, 2.45) is 0 Å². The van der Waals surface area contributed by atoms with Crippen molar-refractivity contribution >= 4 is 12.1 Å². The lowest BCUT2D eigenvalue weighted by Gasteiger charge is -2.19. The number of benzene rings is 1. The summed E-state index contributed by atoms with van der Waals surface area (Å²) in [5.74, 6) is 5.53. The van der Waals surface area contributed by atoms with Gasteiger partial charge in [-0.1, -0.05) is 11.8 Å². The zero-order valence-electron chi connectivity index (χ0n) is 13.4. The molecule has 0 aliphatic carbocycles. The van der Waals surface area contributed by atoms with Crippen molar-refractivity contribution in [3.8, 4) is 11.8 Å². The molecule has 0 spiro atoms. The molecule has 1 amide bonds. The highest BCUT2D eigenvalue weighted by molar-refractivity contribution is 5.89. The Morgan fingerprint density at radius 1 is 1.18 bits per heavy atom. The first kappa shape index (κ1) is 17.6. The van der Waals surface area contributed by atoms with Crippen LogP contribution in [0.5, 0.6) is 0 Å². The Labute approximate surface area is 131 Å². The molecule has 0 fully saturated rings. The fraction of sp³-hybridized carbons (Fsp3) is 0.412. The molecule has 118 valence electrons. The van der Waals surface area contributed by atoms with Gasteiger partial charge in [0.25, 0.3) is 0 Å². The summed E-state index contributed by atoms with van der Waals surface area (Å²) in [5, 5.41) is 2.63. The van der Waals surface area contributed by atoms with Gasteiger partial charge in [-0.05, 0) is 45.0 Å². The number of alkyl carbamates (subject to hydrolysis) is 1. The Bertz CT molecular complexity index is 573. The second kappa shape index (κ2) is 8.08. The molecule has 5 heteroatoms. The zero-order valence-corrected chi connectivity index (χ0v) is 13.4. The second-order valence-corrected chi connectivity index (χ2v) is 5.55. The molecule has 22 heavy (non-hydrogen) atoms. The lowest BCUT2D eigenvalue weighted by molar-refractivity contribution is 0.0527. The minimum Gasteiger partial charge on any atom is -0.465 e. The predicted octanol–water partition coefficient (Wildman–Crippen LogP) is 2.74. The number of nitrogens with one attached hydrogen (secondary N) is 1. The summed E-state index contributed by atoms with van der Waals surface area (Å²) in [6.45, 7) is 5.85. The molecule has 0 aromatic heterocycles. The van der Waals surface area contributed by atoms with Gasteiger partial charge in [0, 0.05) is 18.5 Å².